The van der Waals surface area contributed by atoms with E-state index in [2.05, 4.69) is 80.1 Å². The number of aromatic nitrogens is 5. The lowest BCUT2D eigenvalue weighted by Gasteiger charge is -2.21. The van der Waals surface area contributed by atoms with Crippen LogP contribution in [-0.4, -0.2) is 25.6 Å². The third kappa shape index (κ3) is 4.39. The molecule has 4 aromatic carbocycles. The fourth-order valence-electron chi connectivity index (χ4n) is 4.21. The van der Waals surface area contributed by atoms with Crippen molar-refractivity contribution in [2.75, 3.05) is 4.90 Å². The molecule has 2 aromatic heterocycles. The van der Waals surface area contributed by atoms with Crippen LogP contribution in [0.25, 0.3) is 33.6 Å². The maximum atomic E-state index is 6.12. The van der Waals surface area contributed by atoms with E-state index in [4.69, 9.17) is 9.40 Å². The molecule has 170 valence electrons. The number of rotatable bonds is 7. The first-order valence-corrected chi connectivity index (χ1v) is 11.4. The zero-order chi connectivity index (χ0) is 23.5. The van der Waals surface area contributed by atoms with Gasteiger partial charge in [-0.05, 0) is 39.6 Å². The van der Waals surface area contributed by atoms with Crippen LogP contribution in [0.15, 0.2) is 108 Å². The van der Waals surface area contributed by atoms with Crippen LogP contribution in [0.2, 0.25) is 0 Å². The van der Waals surface area contributed by atoms with Crippen molar-refractivity contribution < 1.29 is 4.42 Å². The highest BCUT2D eigenvalue weighted by Crippen LogP contribution is 2.30. The Bertz CT molecular complexity index is 1510. The highest BCUT2D eigenvalue weighted by Gasteiger charge is 2.16. The normalized spacial score (nSPS) is 11.1. The molecule has 7 heteroatoms. The van der Waals surface area contributed by atoms with Crippen molar-refractivity contribution in [1.29, 1.82) is 0 Å². The molecule has 0 saturated heterocycles. The standard InChI is InChI=1S/C28H22N6O/c1-2-8-20(9-3-1)18-34(28-29-25-12-6-7-13-26(25)35-28)19-21-14-16-22(17-15-21)23-10-4-5-11-24(23)27-30-32-33-31-27/h1-17H,18-19H2,(H,30,31,32,33). The van der Waals surface area contributed by atoms with Gasteiger partial charge in [0.05, 0.1) is 0 Å². The van der Waals surface area contributed by atoms with Crippen molar-refractivity contribution in [2.24, 2.45) is 0 Å². The number of hydrogen-bond donors (Lipinski definition) is 1. The first kappa shape index (κ1) is 20.8. The summed E-state index contributed by atoms with van der Waals surface area (Å²) in [5.41, 5.74) is 7.07. The van der Waals surface area contributed by atoms with E-state index >= 15 is 0 Å². The molecule has 0 aliphatic heterocycles. The van der Waals surface area contributed by atoms with E-state index in [0.29, 0.717) is 24.9 Å². The summed E-state index contributed by atoms with van der Waals surface area (Å²) in [5, 5.41) is 14.5. The minimum absolute atomic E-state index is 0.578. The van der Waals surface area contributed by atoms with Crippen LogP contribution in [0.1, 0.15) is 11.1 Å². The van der Waals surface area contributed by atoms with E-state index in [1.165, 1.54) is 5.56 Å². The second-order valence-corrected chi connectivity index (χ2v) is 8.28. The van der Waals surface area contributed by atoms with Crippen molar-refractivity contribution in [2.45, 2.75) is 13.1 Å². The molecule has 0 bridgehead atoms. The Kier molecular flexibility index (Phi) is 5.48. The first-order chi connectivity index (χ1) is 17.3. The van der Waals surface area contributed by atoms with E-state index in [1.54, 1.807) is 0 Å². The van der Waals surface area contributed by atoms with Crippen LogP contribution >= 0.6 is 0 Å². The molecular weight excluding hydrogens is 436 g/mol. The Morgan fingerprint density at radius 1 is 0.686 bits per heavy atom. The van der Waals surface area contributed by atoms with Crippen LogP contribution < -0.4 is 4.90 Å². The molecule has 0 amide bonds. The predicted molar refractivity (Wildman–Crippen MR) is 135 cm³/mol. The number of nitrogens with zero attached hydrogens (tertiary/aromatic N) is 5. The van der Waals surface area contributed by atoms with Crippen molar-refractivity contribution in [3.05, 3.63) is 114 Å². The molecule has 0 saturated carbocycles. The number of fused-ring (bicyclic) bond motifs is 1. The topological polar surface area (TPSA) is 83.7 Å². The average Bonchev–Trinajstić information content (AvgIpc) is 3.60. The Morgan fingerprint density at radius 3 is 2.11 bits per heavy atom. The second kappa shape index (κ2) is 9.23. The van der Waals surface area contributed by atoms with Gasteiger partial charge in [0.15, 0.2) is 5.58 Å². The number of hydrogen-bond acceptors (Lipinski definition) is 6. The lowest BCUT2D eigenvalue weighted by molar-refractivity contribution is 0.562. The molecule has 6 aromatic rings. The number of H-pyrrole nitrogens is 1. The Morgan fingerprint density at radius 2 is 1.37 bits per heavy atom. The van der Waals surface area contributed by atoms with Crippen molar-refractivity contribution >= 4 is 17.1 Å². The third-order valence-corrected chi connectivity index (χ3v) is 5.92. The molecule has 0 aliphatic carbocycles. The van der Waals surface area contributed by atoms with Gasteiger partial charge in [-0.15, -0.1) is 10.2 Å². The van der Waals surface area contributed by atoms with Crippen molar-refractivity contribution in [1.82, 2.24) is 25.6 Å². The Labute approximate surface area is 202 Å². The van der Waals surface area contributed by atoms with Gasteiger partial charge < -0.3 is 9.32 Å². The van der Waals surface area contributed by atoms with Gasteiger partial charge in [-0.3, -0.25) is 0 Å². The molecule has 35 heavy (non-hydrogen) atoms. The van der Waals surface area contributed by atoms with Crippen LogP contribution in [0.3, 0.4) is 0 Å². The summed E-state index contributed by atoms with van der Waals surface area (Å²) >= 11 is 0. The van der Waals surface area contributed by atoms with Gasteiger partial charge in [0.2, 0.25) is 5.82 Å². The van der Waals surface area contributed by atoms with Gasteiger partial charge in [0.1, 0.15) is 5.52 Å². The van der Waals surface area contributed by atoms with Gasteiger partial charge >= 0.3 is 0 Å². The molecule has 0 radical (unpaired) electrons. The Balaban J connectivity index is 1.30. The third-order valence-electron chi connectivity index (χ3n) is 5.92. The summed E-state index contributed by atoms with van der Waals surface area (Å²) in [7, 11) is 0. The molecule has 0 fully saturated rings. The number of tetrazole rings is 1. The van der Waals surface area contributed by atoms with E-state index in [9.17, 15) is 0 Å². The molecule has 2 heterocycles. The summed E-state index contributed by atoms with van der Waals surface area (Å²) in [6.45, 7) is 1.35. The maximum Gasteiger partial charge on any atom is 0.298 e. The van der Waals surface area contributed by atoms with E-state index in [0.717, 1.165) is 33.4 Å². The first-order valence-electron chi connectivity index (χ1n) is 11.4. The predicted octanol–water partition coefficient (Wildman–Crippen LogP) is 5.88. The van der Waals surface area contributed by atoms with Gasteiger partial charge in [-0.1, -0.05) is 91.0 Å². The zero-order valence-electron chi connectivity index (χ0n) is 18.9. The largest absolute Gasteiger partial charge is 0.423 e. The molecule has 0 atom stereocenters. The molecular formula is C28H22N6O. The maximum absolute atomic E-state index is 6.12. The molecule has 1 N–H and O–H groups in total. The minimum Gasteiger partial charge on any atom is -0.423 e. The van der Waals surface area contributed by atoms with E-state index in [-0.39, 0.29) is 0 Å². The summed E-state index contributed by atoms with van der Waals surface area (Å²) in [6, 6.07) is 35.4. The SMILES string of the molecule is c1ccc(CN(Cc2ccc(-c3ccccc3-c3nn[nH]n3)cc2)c2nc3ccccc3o2)cc1. The highest BCUT2D eigenvalue weighted by atomic mass is 16.4. The van der Waals surface area contributed by atoms with Gasteiger partial charge in [0.25, 0.3) is 6.01 Å². The molecule has 0 unspecified atom stereocenters. The summed E-state index contributed by atoms with van der Waals surface area (Å²) < 4.78 is 6.12. The number of anilines is 1. The van der Waals surface area contributed by atoms with Crippen LogP contribution in [0.5, 0.6) is 0 Å². The van der Waals surface area contributed by atoms with Crippen LogP contribution in [-0.2, 0) is 13.1 Å². The molecule has 6 rings (SSSR count). The molecule has 0 spiro atoms. The Hall–Kier alpha value is -4.78. The monoisotopic (exact) mass is 458 g/mol. The molecule has 0 aliphatic rings. The number of aromatic amines is 1. The fraction of sp³-hybridized carbons (Fsp3) is 0.0714. The zero-order valence-corrected chi connectivity index (χ0v) is 18.9. The molecule has 7 nitrogen and oxygen atoms in total. The number of oxazole rings is 1. The summed E-state index contributed by atoms with van der Waals surface area (Å²) in [4.78, 5) is 6.91. The summed E-state index contributed by atoms with van der Waals surface area (Å²) in [6.07, 6.45) is 0. The van der Waals surface area contributed by atoms with Crippen LogP contribution in [0, 0.1) is 0 Å². The van der Waals surface area contributed by atoms with E-state index < -0.39 is 0 Å². The number of para-hydroxylation sites is 2. The van der Waals surface area contributed by atoms with Crippen molar-refractivity contribution in [3.63, 3.8) is 0 Å². The number of benzene rings is 4. The second-order valence-electron chi connectivity index (χ2n) is 8.28. The smallest absolute Gasteiger partial charge is 0.298 e. The van der Waals surface area contributed by atoms with Gasteiger partial charge in [-0.25, -0.2) is 0 Å². The quantitative estimate of drug-likeness (QED) is 0.322. The average molecular weight is 459 g/mol. The lowest BCUT2D eigenvalue weighted by atomic mass is 9.98. The highest BCUT2D eigenvalue weighted by molar-refractivity contribution is 5.80. The van der Waals surface area contributed by atoms with Crippen LogP contribution in [0.4, 0.5) is 6.01 Å². The fourth-order valence-corrected chi connectivity index (χ4v) is 4.21. The van der Waals surface area contributed by atoms with Gasteiger partial charge in [0, 0.05) is 18.7 Å². The summed E-state index contributed by atoms with van der Waals surface area (Å²) in [5.74, 6) is 0.578. The van der Waals surface area contributed by atoms with Crippen molar-refractivity contribution in [3.8, 4) is 22.5 Å². The number of nitrogens with one attached hydrogen (secondary N) is 1. The van der Waals surface area contributed by atoms with Gasteiger partial charge in [-0.2, -0.15) is 10.2 Å². The lowest BCUT2D eigenvalue weighted by Crippen LogP contribution is -2.22. The minimum atomic E-state index is 0.578. The van der Waals surface area contributed by atoms with E-state index in [1.807, 2.05) is 48.5 Å².